The molecule has 2 rings (SSSR count). The third kappa shape index (κ3) is 4.37. The standard InChI is InChI=1S/C16H16ClF3O3SSi/c1-25(2,3)14-10-12(17)9-13(11-7-5-4-6-8-11)15(14)23-24(21,22)16(18,19)20/h4-10H,1-3H3. The molecule has 2 aromatic rings. The van der Waals surface area contributed by atoms with Gasteiger partial charge in [0.25, 0.3) is 0 Å². The van der Waals surface area contributed by atoms with Gasteiger partial charge in [0, 0.05) is 10.6 Å². The summed E-state index contributed by atoms with van der Waals surface area (Å²) in [7, 11) is -8.07. The van der Waals surface area contributed by atoms with Gasteiger partial charge in [0.1, 0.15) is 5.75 Å². The Bertz CT molecular complexity index is 876. The van der Waals surface area contributed by atoms with Crippen LogP contribution >= 0.6 is 11.6 Å². The van der Waals surface area contributed by atoms with Crippen LogP contribution in [0.4, 0.5) is 13.2 Å². The second-order valence-electron chi connectivity index (χ2n) is 6.43. The molecule has 0 saturated carbocycles. The quantitative estimate of drug-likeness (QED) is 0.415. The van der Waals surface area contributed by atoms with E-state index in [-0.39, 0.29) is 11.3 Å². The van der Waals surface area contributed by atoms with Crippen LogP contribution in [0.15, 0.2) is 42.5 Å². The lowest BCUT2D eigenvalue weighted by Gasteiger charge is -2.24. The zero-order valence-electron chi connectivity index (χ0n) is 13.7. The minimum absolute atomic E-state index is 0.207. The topological polar surface area (TPSA) is 43.4 Å². The molecule has 0 atom stereocenters. The summed E-state index contributed by atoms with van der Waals surface area (Å²) in [5.41, 5.74) is -4.80. The van der Waals surface area contributed by atoms with Gasteiger partial charge in [-0.2, -0.15) is 21.6 Å². The van der Waals surface area contributed by atoms with Gasteiger partial charge in [-0.25, -0.2) is 0 Å². The minimum atomic E-state index is -5.80. The summed E-state index contributed by atoms with van der Waals surface area (Å²) in [6.45, 7) is 5.58. The van der Waals surface area contributed by atoms with E-state index in [1.54, 1.807) is 30.3 Å². The molecule has 3 nitrogen and oxygen atoms in total. The predicted molar refractivity (Wildman–Crippen MR) is 95.5 cm³/mol. The number of hydrogen-bond acceptors (Lipinski definition) is 3. The molecule has 0 heterocycles. The molecule has 9 heteroatoms. The number of benzene rings is 2. The van der Waals surface area contributed by atoms with Crippen LogP contribution in [0.2, 0.25) is 24.7 Å². The fourth-order valence-electron chi connectivity index (χ4n) is 2.23. The van der Waals surface area contributed by atoms with Crippen molar-refractivity contribution < 1.29 is 25.8 Å². The second-order valence-corrected chi connectivity index (χ2v) is 13.4. The number of hydrogen-bond donors (Lipinski definition) is 0. The van der Waals surface area contributed by atoms with Crippen LogP contribution in [0.3, 0.4) is 0 Å². The van der Waals surface area contributed by atoms with Crippen molar-refractivity contribution in [3.05, 3.63) is 47.5 Å². The van der Waals surface area contributed by atoms with Gasteiger partial charge in [0.05, 0.1) is 8.07 Å². The average molecular weight is 409 g/mol. The first kappa shape index (κ1) is 19.8. The van der Waals surface area contributed by atoms with E-state index in [1.165, 1.54) is 12.1 Å². The van der Waals surface area contributed by atoms with Crippen LogP contribution in [-0.4, -0.2) is 22.0 Å². The molecule has 0 radical (unpaired) electrons. The molecular formula is C16H16ClF3O3SSi. The summed E-state index contributed by atoms with van der Waals surface area (Å²) in [5, 5.41) is 0.694. The van der Waals surface area contributed by atoms with Crippen molar-refractivity contribution in [2.75, 3.05) is 0 Å². The first-order valence-corrected chi connectivity index (χ1v) is 12.5. The minimum Gasteiger partial charge on any atom is -0.375 e. The van der Waals surface area contributed by atoms with Crippen LogP contribution in [0, 0.1) is 0 Å². The first-order chi connectivity index (χ1) is 11.3. The normalized spacial score (nSPS) is 12.9. The Morgan fingerprint density at radius 3 is 2.08 bits per heavy atom. The van der Waals surface area contributed by atoms with Crippen LogP contribution in [0.5, 0.6) is 5.75 Å². The van der Waals surface area contributed by atoms with E-state index in [0.29, 0.717) is 15.8 Å². The lowest BCUT2D eigenvalue weighted by Crippen LogP contribution is -2.40. The Morgan fingerprint density at radius 2 is 1.60 bits per heavy atom. The van der Waals surface area contributed by atoms with Gasteiger partial charge in [0.15, 0.2) is 0 Å². The summed E-state index contributed by atoms with van der Waals surface area (Å²) in [5.74, 6) is -0.313. The first-order valence-electron chi connectivity index (χ1n) is 7.23. The fraction of sp³-hybridized carbons (Fsp3) is 0.250. The maximum Gasteiger partial charge on any atom is 0.534 e. The molecule has 0 fully saturated rings. The van der Waals surface area contributed by atoms with Crippen molar-refractivity contribution in [2.24, 2.45) is 0 Å². The zero-order chi connectivity index (χ0) is 19.0. The highest BCUT2D eigenvalue weighted by Crippen LogP contribution is 2.36. The highest BCUT2D eigenvalue weighted by molar-refractivity contribution is 7.88. The SMILES string of the molecule is C[Si](C)(C)c1cc(Cl)cc(-c2ccccc2)c1OS(=O)(=O)C(F)(F)F. The molecule has 0 spiro atoms. The van der Waals surface area contributed by atoms with Crippen molar-refractivity contribution in [1.29, 1.82) is 0 Å². The molecule has 136 valence electrons. The number of rotatable bonds is 4. The monoisotopic (exact) mass is 408 g/mol. The highest BCUT2D eigenvalue weighted by atomic mass is 35.5. The molecule has 0 aromatic heterocycles. The van der Waals surface area contributed by atoms with Gasteiger partial charge in [-0.3, -0.25) is 0 Å². The Kier molecular flexibility index (Phi) is 5.28. The van der Waals surface area contributed by atoms with E-state index in [4.69, 9.17) is 11.6 Å². The molecule has 0 aliphatic carbocycles. The molecular weight excluding hydrogens is 393 g/mol. The molecule has 0 saturated heterocycles. The third-order valence-corrected chi connectivity index (χ3v) is 6.58. The van der Waals surface area contributed by atoms with E-state index in [1.807, 2.05) is 19.6 Å². The van der Waals surface area contributed by atoms with Gasteiger partial charge < -0.3 is 4.18 Å². The van der Waals surface area contributed by atoms with E-state index >= 15 is 0 Å². The van der Waals surface area contributed by atoms with Crippen molar-refractivity contribution in [1.82, 2.24) is 0 Å². The molecule has 0 unspecified atom stereocenters. The van der Waals surface area contributed by atoms with Gasteiger partial charge >= 0.3 is 15.6 Å². The molecule has 0 aliphatic heterocycles. The Balaban J connectivity index is 2.79. The lowest BCUT2D eigenvalue weighted by molar-refractivity contribution is -0.0499. The van der Waals surface area contributed by atoms with E-state index in [0.717, 1.165) is 0 Å². The highest BCUT2D eigenvalue weighted by Gasteiger charge is 2.49. The van der Waals surface area contributed by atoms with Crippen LogP contribution in [0.1, 0.15) is 0 Å². The second kappa shape index (κ2) is 6.66. The van der Waals surface area contributed by atoms with Gasteiger partial charge in [-0.15, -0.1) is 0 Å². The number of alkyl halides is 3. The molecule has 0 N–H and O–H groups in total. The van der Waals surface area contributed by atoms with Crippen LogP contribution in [-0.2, 0) is 10.1 Å². The molecule has 0 amide bonds. The summed E-state index contributed by atoms with van der Waals surface area (Å²) in [6, 6.07) is 11.3. The summed E-state index contributed by atoms with van der Waals surface area (Å²) in [4.78, 5) is 0. The summed E-state index contributed by atoms with van der Waals surface area (Å²) in [6.07, 6.45) is 0. The smallest absolute Gasteiger partial charge is 0.375 e. The average Bonchev–Trinajstić information content (AvgIpc) is 2.47. The summed E-state index contributed by atoms with van der Waals surface area (Å²) < 4.78 is 66.3. The zero-order valence-corrected chi connectivity index (χ0v) is 16.3. The van der Waals surface area contributed by atoms with E-state index in [9.17, 15) is 21.6 Å². The van der Waals surface area contributed by atoms with Gasteiger partial charge in [0.2, 0.25) is 0 Å². The fourth-order valence-corrected chi connectivity index (χ4v) is 4.56. The van der Waals surface area contributed by atoms with Crippen molar-refractivity contribution in [3.63, 3.8) is 0 Å². The van der Waals surface area contributed by atoms with Crippen LogP contribution in [0.25, 0.3) is 11.1 Å². The Morgan fingerprint density at radius 1 is 1.04 bits per heavy atom. The largest absolute Gasteiger partial charge is 0.534 e. The Hall–Kier alpha value is -1.51. The molecule has 0 bridgehead atoms. The van der Waals surface area contributed by atoms with Crippen molar-refractivity contribution in [2.45, 2.75) is 25.1 Å². The van der Waals surface area contributed by atoms with E-state index < -0.39 is 23.7 Å². The van der Waals surface area contributed by atoms with Crippen molar-refractivity contribution >= 4 is 35.0 Å². The lowest BCUT2D eigenvalue weighted by atomic mass is 10.0. The van der Waals surface area contributed by atoms with E-state index in [2.05, 4.69) is 4.18 Å². The predicted octanol–water partition coefficient (Wildman–Crippen LogP) is 4.78. The maximum atomic E-state index is 12.8. The van der Waals surface area contributed by atoms with Gasteiger partial charge in [-0.05, 0) is 22.9 Å². The Labute approximate surface area is 150 Å². The number of halogens is 4. The van der Waals surface area contributed by atoms with Crippen LogP contribution < -0.4 is 9.37 Å². The van der Waals surface area contributed by atoms with Crippen molar-refractivity contribution in [3.8, 4) is 16.9 Å². The van der Waals surface area contributed by atoms with Gasteiger partial charge in [-0.1, -0.05) is 61.6 Å². The maximum absolute atomic E-state index is 12.8. The summed E-state index contributed by atoms with van der Waals surface area (Å²) >= 11 is 6.13. The molecule has 2 aromatic carbocycles. The molecule has 0 aliphatic rings. The third-order valence-electron chi connectivity index (χ3n) is 3.42. The molecule has 25 heavy (non-hydrogen) atoms.